The minimum atomic E-state index is -1.12. The van der Waals surface area contributed by atoms with Gasteiger partial charge in [-0.05, 0) is 36.7 Å². The highest BCUT2D eigenvalue weighted by Crippen LogP contribution is 2.17. The number of aromatic carboxylic acids is 1. The minimum absolute atomic E-state index is 0.00450. The Morgan fingerprint density at radius 2 is 2.05 bits per heavy atom. The maximum absolute atomic E-state index is 12.1. The van der Waals surface area contributed by atoms with Crippen LogP contribution in [0.25, 0.3) is 0 Å². The monoisotopic (exact) mass is 307 g/mol. The number of hydrogen-bond acceptors (Lipinski definition) is 6. The molecule has 2 rings (SSSR count). The van der Waals surface area contributed by atoms with Crippen LogP contribution in [0.5, 0.6) is 5.75 Å². The maximum Gasteiger partial charge on any atom is 0.335 e. The molecule has 0 aliphatic carbocycles. The van der Waals surface area contributed by atoms with Crippen LogP contribution < -0.4 is 10.1 Å². The molecule has 8 heteroatoms. The summed E-state index contributed by atoms with van der Waals surface area (Å²) in [5.74, 6) is -1.19. The number of rotatable bonds is 5. The van der Waals surface area contributed by atoms with Gasteiger partial charge in [0.15, 0.2) is 0 Å². The summed E-state index contributed by atoms with van der Waals surface area (Å²) in [6.07, 6.45) is 0. The quantitative estimate of drug-likeness (QED) is 0.867. The van der Waals surface area contributed by atoms with Crippen molar-refractivity contribution in [2.45, 2.75) is 13.5 Å². The second kappa shape index (κ2) is 6.31. The number of aryl methyl sites for hydroxylation is 1. The van der Waals surface area contributed by atoms with Crippen LogP contribution in [0.3, 0.4) is 0 Å². The molecule has 1 aromatic heterocycles. The van der Waals surface area contributed by atoms with Crippen LogP contribution in [0.4, 0.5) is 0 Å². The fourth-order valence-electron chi connectivity index (χ4n) is 1.65. The summed E-state index contributed by atoms with van der Waals surface area (Å²) in [5.41, 5.74) is 0.981. The highest BCUT2D eigenvalue weighted by Gasteiger charge is 2.13. The Morgan fingerprint density at radius 3 is 2.62 bits per heavy atom. The Hall–Kier alpha value is -2.48. The highest BCUT2D eigenvalue weighted by molar-refractivity contribution is 7.05. The summed E-state index contributed by atoms with van der Waals surface area (Å²) in [4.78, 5) is 24.0. The van der Waals surface area contributed by atoms with Crippen molar-refractivity contribution in [2.24, 2.45) is 0 Å². The molecule has 0 radical (unpaired) electrons. The molecule has 1 aromatic carbocycles. The second-order valence-electron chi connectivity index (χ2n) is 4.22. The number of nitrogens with one attached hydrogen (secondary N) is 1. The number of benzene rings is 1. The van der Waals surface area contributed by atoms with Crippen molar-refractivity contribution in [3.05, 3.63) is 39.9 Å². The Labute approximate surface area is 124 Å². The smallest absolute Gasteiger partial charge is 0.335 e. The van der Waals surface area contributed by atoms with E-state index in [4.69, 9.17) is 9.84 Å². The predicted octanol–water partition coefficient (Wildman–Crippen LogP) is 1.48. The van der Waals surface area contributed by atoms with Crippen molar-refractivity contribution in [3.8, 4) is 5.75 Å². The summed E-state index contributed by atoms with van der Waals surface area (Å²) in [6.45, 7) is 2.10. The van der Waals surface area contributed by atoms with Crippen LogP contribution in [0.15, 0.2) is 18.2 Å². The standard InChI is InChI=1S/C13H13N3O4S/c1-7-11(21-16-15-7)6-14-12(17)8-3-9(13(18)19)5-10(4-8)20-2/h3-5H,6H2,1-2H3,(H,14,17)(H,18,19). The van der Waals surface area contributed by atoms with Crippen molar-refractivity contribution >= 4 is 23.4 Å². The lowest BCUT2D eigenvalue weighted by molar-refractivity contribution is 0.0696. The molecular weight excluding hydrogens is 294 g/mol. The third kappa shape index (κ3) is 3.54. The zero-order valence-corrected chi connectivity index (χ0v) is 12.2. The summed E-state index contributed by atoms with van der Waals surface area (Å²) >= 11 is 1.21. The SMILES string of the molecule is COc1cc(C(=O)O)cc(C(=O)NCc2snnc2C)c1. The van der Waals surface area contributed by atoms with E-state index in [0.29, 0.717) is 12.3 Å². The fourth-order valence-corrected chi connectivity index (χ4v) is 2.22. The van der Waals surface area contributed by atoms with Crippen LogP contribution in [0.2, 0.25) is 0 Å². The van der Waals surface area contributed by atoms with Crippen LogP contribution in [-0.2, 0) is 6.54 Å². The van der Waals surface area contributed by atoms with Gasteiger partial charge in [-0.3, -0.25) is 4.79 Å². The molecule has 1 amide bonds. The molecule has 110 valence electrons. The van der Waals surface area contributed by atoms with Crippen molar-refractivity contribution in [1.29, 1.82) is 0 Å². The number of hydrogen-bond donors (Lipinski definition) is 2. The average Bonchev–Trinajstić information content (AvgIpc) is 2.89. The van der Waals surface area contributed by atoms with Gasteiger partial charge in [0, 0.05) is 5.56 Å². The van der Waals surface area contributed by atoms with Gasteiger partial charge in [0.1, 0.15) is 5.75 Å². The summed E-state index contributed by atoms with van der Waals surface area (Å²) in [5, 5.41) is 15.6. The molecule has 0 bridgehead atoms. The first-order valence-electron chi connectivity index (χ1n) is 5.99. The van der Waals surface area contributed by atoms with E-state index in [1.165, 1.54) is 36.8 Å². The lowest BCUT2D eigenvalue weighted by atomic mass is 10.1. The van der Waals surface area contributed by atoms with Crippen molar-refractivity contribution < 1.29 is 19.4 Å². The Kier molecular flexibility index (Phi) is 4.49. The highest BCUT2D eigenvalue weighted by atomic mass is 32.1. The summed E-state index contributed by atoms with van der Waals surface area (Å²) in [7, 11) is 1.41. The lowest BCUT2D eigenvalue weighted by Crippen LogP contribution is -2.23. The number of carbonyl (C=O) groups is 2. The molecule has 21 heavy (non-hydrogen) atoms. The van der Waals surface area contributed by atoms with E-state index in [0.717, 1.165) is 10.6 Å². The molecule has 1 heterocycles. The van der Waals surface area contributed by atoms with Crippen LogP contribution in [0, 0.1) is 6.92 Å². The maximum atomic E-state index is 12.1. The van der Waals surface area contributed by atoms with Crippen LogP contribution in [-0.4, -0.2) is 33.7 Å². The third-order valence-corrected chi connectivity index (χ3v) is 3.63. The number of carboxylic acid groups (broad SMARTS) is 1. The number of methoxy groups -OCH3 is 1. The Balaban J connectivity index is 2.16. The number of carbonyl (C=O) groups excluding carboxylic acids is 1. The number of aromatic nitrogens is 2. The molecule has 0 aliphatic rings. The van der Waals surface area contributed by atoms with Gasteiger partial charge in [-0.25, -0.2) is 4.79 Å². The van der Waals surface area contributed by atoms with E-state index in [-0.39, 0.29) is 17.0 Å². The molecule has 0 unspecified atom stereocenters. The number of nitrogens with zero attached hydrogens (tertiary/aromatic N) is 2. The van der Waals surface area contributed by atoms with E-state index in [1.807, 2.05) is 0 Å². The summed E-state index contributed by atoms with van der Waals surface area (Å²) < 4.78 is 8.78. The molecule has 0 fully saturated rings. The Morgan fingerprint density at radius 1 is 1.33 bits per heavy atom. The zero-order valence-electron chi connectivity index (χ0n) is 11.4. The van der Waals surface area contributed by atoms with Crippen LogP contribution >= 0.6 is 11.5 Å². The van der Waals surface area contributed by atoms with Gasteiger partial charge in [0.25, 0.3) is 5.91 Å². The number of ether oxygens (including phenoxy) is 1. The topological polar surface area (TPSA) is 101 Å². The molecule has 7 nitrogen and oxygen atoms in total. The molecule has 2 N–H and O–H groups in total. The van der Waals surface area contributed by atoms with E-state index < -0.39 is 5.97 Å². The number of amides is 1. The molecule has 2 aromatic rings. The van der Waals surface area contributed by atoms with Gasteiger partial charge in [0.05, 0.1) is 29.8 Å². The average molecular weight is 307 g/mol. The Bertz CT molecular complexity index is 684. The van der Waals surface area contributed by atoms with Crippen molar-refractivity contribution in [1.82, 2.24) is 14.9 Å². The van der Waals surface area contributed by atoms with Crippen molar-refractivity contribution in [2.75, 3.05) is 7.11 Å². The van der Waals surface area contributed by atoms with Gasteiger partial charge >= 0.3 is 5.97 Å². The molecular formula is C13H13N3O4S. The molecule has 0 atom stereocenters. The van der Waals surface area contributed by atoms with Gasteiger partial charge in [0.2, 0.25) is 0 Å². The first kappa shape index (κ1) is 14.9. The molecule has 0 aliphatic heterocycles. The molecule has 0 spiro atoms. The predicted molar refractivity (Wildman–Crippen MR) is 75.8 cm³/mol. The van der Waals surface area contributed by atoms with Gasteiger partial charge < -0.3 is 15.2 Å². The summed E-state index contributed by atoms with van der Waals surface area (Å²) in [6, 6.07) is 4.15. The van der Waals surface area contributed by atoms with Gasteiger partial charge in [-0.15, -0.1) is 5.10 Å². The third-order valence-electron chi connectivity index (χ3n) is 2.81. The molecule has 0 saturated carbocycles. The second-order valence-corrected chi connectivity index (χ2v) is 5.06. The van der Waals surface area contributed by atoms with Gasteiger partial charge in [-0.2, -0.15) is 0 Å². The van der Waals surface area contributed by atoms with E-state index >= 15 is 0 Å². The first-order valence-corrected chi connectivity index (χ1v) is 6.77. The normalized spacial score (nSPS) is 10.2. The zero-order chi connectivity index (χ0) is 15.4. The minimum Gasteiger partial charge on any atom is -0.497 e. The van der Waals surface area contributed by atoms with E-state index in [2.05, 4.69) is 14.9 Å². The van der Waals surface area contributed by atoms with E-state index in [9.17, 15) is 9.59 Å². The lowest BCUT2D eigenvalue weighted by Gasteiger charge is -2.07. The van der Waals surface area contributed by atoms with Crippen molar-refractivity contribution in [3.63, 3.8) is 0 Å². The first-order chi connectivity index (χ1) is 10.0. The van der Waals surface area contributed by atoms with E-state index in [1.54, 1.807) is 6.92 Å². The largest absolute Gasteiger partial charge is 0.497 e. The van der Waals surface area contributed by atoms with Crippen LogP contribution in [0.1, 0.15) is 31.3 Å². The van der Waals surface area contributed by atoms with Gasteiger partial charge in [-0.1, -0.05) is 4.49 Å². The fraction of sp³-hybridized carbons (Fsp3) is 0.231. The number of carboxylic acids is 1. The molecule has 0 saturated heterocycles.